The highest BCUT2D eigenvalue weighted by Gasteiger charge is 2.26. The van der Waals surface area contributed by atoms with Crippen LogP contribution in [-0.4, -0.2) is 40.2 Å². The number of carbonyl (C=O) groups is 1. The Morgan fingerprint density at radius 2 is 1.97 bits per heavy atom. The van der Waals surface area contributed by atoms with Crippen LogP contribution in [0, 0.1) is 12.7 Å². The molecule has 31 heavy (non-hydrogen) atoms. The van der Waals surface area contributed by atoms with Crippen LogP contribution in [0.5, 0.6) is 0 Å². The minimum atomic E-state index is -0.594. The second-order valence-electron chi connectivity index (χ2n) is 7.70. The molecule has 0 bridgehead atoms. The van der Waals surface area contributed by atoms with Crippen molar-refractivity contribution in [3.05, 3.63) is 81.9 Å². The molecule has 0 radical (unpaired) electrons. The van der Waals surface area contributed by atoms with Gasteiger partial charge in [0, 0.05) is 18.3 Å². The maximum absolute atomic E-state index is 14.3. The molecule has 4 rings (SSSR count). The predicted octanol–water partition coefficient (Wildman–Crippen LogP) is 3.23. The Morgan fingerprint density at radius 1 is 1.19 bits per heavy atom. The first-order valence-electron chi connectivity index (χ1n) is 10.5. The number of hydrogen-bond acceptors (Lipinski definition) is 5. The number of para-hydroxylation sites is 1. The highest BCUT2D eigenvalue weighted by Crippen LogP contribution is 2.24. The van der Waals surface area contributed by atoms with Crippen LogP contribution in [0.15, 0.2) is 57.9 Å². The molecular formula is C23H25FN4O3. The summed E-state index contributed by atoms with van der Waals surface area (Å²) in [5.74, 6) is -0.317. The highest BCUT2D eigenvalue weighted by atomic mass is 19.1. The zero-order valence-corrected chi connectivity index (χ0v) is 17.4. The Balaban J connectivity index is 1.57. The zero-order chi connectivity index (χ0) is 21.8. The molecule has 3 heterocycles. The lowest BCUT2D eigenvalue weighted by molar-refractivity contribution is 0.0906. The number of likely N-dealkylation sites (tertiary alicyclic amines) is 1. The number of benzene rings is 1. The van der Waals surface area contributed by atoms with E-state index < -0.39 is 17.2 Å². The summed E-state index contributed by atoms with van der Waals surface area (Å²) in [7, 11) is 0. The van der Waals surface area contributed by atoms with Crippen LogP contribution in [0.4, 0.5) is 4.39 Å². The van der Waals surface area contributed by atoms with Crippen molar-refractivity contribution in [2.75, 3.05) is 19.6 Å². The van der Waals surface area contributed by atoms with Crippen molar-refractivity contribution < 1.29 is 13.6 Å². The summed E-state index contributed by atoms with van der Waals surface area (Å²) in [5.41, 5.74) is -0.162. The minimum absolute atomic E-state index is 0.126. The first-order chi connectivity index (χ1) is 15.0. The van der Waals surface area contributed by atoms with E-state index in [1.54, 1.807) is 31.4 Å². The Labute approximate surface area is 179 Å². The van der Waals surface area contributed by atoms with Crippen LogP contribution < -0.4 is 10.7 Å². The Morgan fingerprint density at radius 3 is 2.68 bits per heavy atom. The Bertz CT molecular complexity index is 1100. The maximum atomic E-state index is 14.3. The molecule has 1 atom stereocenters. The van der Waals surface area contributed by atoms with Crippen LogP contribution in [0.2, 0.25) is 0 Å². The number of halogens is 1. The number of piperidine rings is 1. The van der Waals surface area contributed by atoms with Crippen LogP contribution in [0.1, 0.15) is 47.2 Å². The molecular weight excluding hydrogens is 399 g/mol. The molecule has 1 fully saturated rings. The van der Waals surface area contributed by atoms with Crippen LogP contribution in [-0.2, 0) is 0 Å². The third-order valence-corrected chi connectivity index (χ3v) is 5.56. The molecule has 1 saturated heterocycles. The molecule has 1 aliphatic rings. The van der Waals surface area contributed by atoms with E-state index in [1.165, 1.54) is 23.2 Å². The van der Waals surface area contributed by atoms with Gasteiger partial charge < -0.3 is 9.73 Å². The van der Waals surface area contributed by atoms with E-state index in [4.69, 9.17) is 4.42 Å². The SMILES string of the molecule is Cc1cc(=O)c(C(=O)NC[C@@H](c2ccco2)N2CCCCC2)nn1-c1ccccc1F. The number of hydrogen-bond donors (Lipinski definition) is 1. The predicted molar refractivity (Wildman–Crippen MR) is 114 cm³/mol. The summed E-state index contributed by atoms with van der Waals surface area (Å²) < 4.78 is 21.1. The number of aromatic nitrogens is 2. The van der Waals surface area contributed by atoms with Gasteiger partial charge in [-0.1, -0.05) is 18.6 Å². The van der Waals surface area contributed by atoms with Gasteiger partial charge in [-0.25, -0.2) is 9.07 Å². The Hall–Kier alpha value is -3.26. The molecule has 7 nitrogen and oxygen atoms in total. The third kappa shape index (κ3) is 4.59. The van der Waals surface area contributed by atoms with Gasteiger partial charge in [-0.2, -0.15) is 5.10 Å². The number of aryl methyl sites for hydroxylation is 1. The average Bonchev–Trinajstić information content (AvgIpc) is 3.30. The van der Waals surface area contributed by atoms with Crippen molar-refractivity contribution in [3.8, 4) is 5.69 Å². The summed E-state index contributed by atoms with van der Waals surface area (Å²) in [6, 6.07) is 11.0. The second-order valence-corrected chi connectivity index (χ2v) is 7.70. The van der Waals surface area contributed by atoms with Crippen LogP contribution in [0.25, 0.3) is 5.69 Å². The van der Waals surface area contributed by atoms with Crippen LogP contribution in [0.3, 0.4) is 0 Å². The van der Waals surface area contributed by atoms with Gasteiger partial charge in [-0.15, -0.1) is 0 Å². The fraction of sp³-hybridized carbons (Fsp3) is 0.348. The molecule has 0 aliphatic carbocycles. The molecule has 0 spiro atoms. The van der Waals surface area contributed by atoms with Crippen molar-refractivity contribution in [1.82, 2.24) is 20.0 Å². The number of carbonyl (C=O) groups excluding carboxylic acids is 1. The molecule has 3 aromatic rings. The second kappa shape index (κ2) is 9.26. The van der Waals surface area contributed by atoms with Gasteiger partial charge in [0.1, 0.15) is 17.3 Å². The largest absolute Gasteiger partial charge is 0.468 e. The third-order valence-electron chi connectivity index (χ3n) is 5.56. The number of nitrogens with zero attached hydrogens (tertiary/aromatic N) is 3. The first kappa shape index (κ1) is 21.0. The number of amides is 1. The van der Waals surface area contributed by atoms with E-state index in [9.17, 15) is 14.0 Å². The topological polar surface area (TPSA) is 80.4 Å². The standard InChI is InChI=1S/C23H25FN4O3/c1-16-14-20(29)22(26-28(16)18-9-4-3-8-17(18)24)23(30)25-15-19(21-10-7-13-31-21)27-11-5-2-6-12-27/h3-4,7-10,13-14,19H,2,5-6,11-12,15H2,1H3,(H,25,30)/t19-/m0/s1. The van der Waals surface area contributed by atoms with E-state index in [0.717, 1.165) is 31.7 Å². The molecule has 2 aromatic heterocycles. The summed E-state index contributed by atoms with van der Waals surface area (Å²) in [5, 5.41) is 7.00. The monoisotopic (exact) mass is 424 g/mol. The van der Waals surface area contributed by atoms with Crippen molar-refractivity contribution >= 4 is 5.91 Å². The van der Waals surface area contributed by atoms with E-state index >= 15 is 0 Å². The number of furan rings is 1. The normalized spacial score (nSPS) is 15.5. The van der Waals surface area contributed by atoms with Crippen molar-refractivity contribution in [2.24, 2.45) is 0 Å². The molecule has 0 unspecified atom stereocenters. The smallest absolute Gasteiger partial charge is 0.275 e. The summed E-state index contributed by atoms with van der Waals surface area (Å²) in [6.45, 7) is 3.76. The van der Waals surface area contributed by atoms with E-state index in [1.807, 2.05) is 12.1 Å². The van der Waals surface area contributed by atoms with Crippen molar-refractivity contribution in [3.63, 3.8) is 0 Å². The van der Waals surface area contributed by atoms with Gasteiger partial charge in [0.05, 0.1) is 12.3 Å². The van der Waals surface area contributed by atoms with Gasteiger partial charge in [0.2, 0.25) is 5.43 Å². The zero-order valence-electron chi connectivity index (χ0n) is 17.4. The van der Waals surface area contributed by atoms with Crippen LogP contribution >= 0.6 is 0 Å². The fourth-order valence-corrected chi connectivity index (χ4v) is 3.97. The average molecular weight is 424 g/mol. The molecule has 1 aliphatic heterocycles. The summed E-state index contributed by atoms with van der Waals surface area (Å²) in [4.78, 5) is 27.6. The minimum Gasteiger partial charge on any atom is -0.468 e. The quantitative estimate of drug-likeness (QED) is 0.657. The Kier molecular flexibility index (Phi) is 6.27. The van der Waals surface area contributed by atoms with E-state index in [-0.39, 0.29) is 24.0 Å². The van der Waals surface area contributed by atoms with Gasteiger partial charge in [0.25, 0.3) is 5.91 Å². The lowest BCUT2D eigenvalue weighted by atomic mass is 10.1. The molecule has 1 N–H and O–H groups in total. The van der Waals surface area contributed by atoms with E-state index in [2.05, 4.69) is 15.3 Å². The van der Waals surface area contributed by atoms with Gasteiger partial charge in [-0.05, 0) is 57.1 Å². The van der Waals surface area contributed by atoms with Crippen molar-refractivity contribution in [1.29, 1.82) is 0 Å². The van der Waals surface area contributed by atoms with Gasteiger partial charge in [-0.3, -0.25) is 14.5 Å². The first-order valence-corrected chi connectivity index (χ1v) is 10.5. The number of rotatable bonds is 6. The maximum Gasteiger partial charge on any atom is 0.275 e. The van der Waals surface area contributed by atoms with Gasteiger partial charge >= 0.3 is 0 Å². The summed E-state index contributed by atoms with van der Waals surface area (Å²) in [6.07, 6.45) is 5.00. The van der Waals surface area contributed by atoms with Gasteiger partial charge in [0.15, 0.2) is 5.69 Å². The molecule has 162 valence electrons. The van der Waals surface area contributed by atoms with Crippen molar-refractivity contribution in [2.45, 2.75) is 32.2 Å². The fourth-order valence-electron chi connectivity index (χ4n) is 3.97. The molecule has 8 heteroatoms. The lowest BCUT2D eigenvalue weighted by Crippen LogP contribution is -2.41. The van der Waals surface area contributed by atoms with E-state index in [0.29, 0.717) is 5.69 Å². The lowest BCUT2D eigenvalue weighted by Gasteiger charge is -2.33. The molecule has 0 saturated carbocycles. The molecule has 1 amide bonds. The molecule has 1 aromatic carbocycles. The number of nitrogens with one attached hydrogen (secondary N) is 1. The summed E-state index contributed by atoms with van der Waals surface area (Å²) >= 11 is 0. The highest BCUT2D eigenvalue weighted by molar-refractivity contribution is 5.92.